The van der Waals surface area contributed by atoms with Crippen LogP contribution in [0.2, 0.25) is 0 Å². The first kappa shape index (κ1) is 27.2. The van der Waals surface area contributed by atoms with Crippen molar-refractivity contribution in [3.05, 3.63) is 58.9 Å². The zero-order valence-corrected chi connectivity index (χ0v) is 22.2. The van der Waals surface area contributed by atoms with Crippen LogP contribution >= 0.6 is 24.0 Å². The molecule has 1 aliphatic heterocycles. The average molecular weight is 570 g/mol. The van der Waals surface area contributed by atoms with Crippen LogP contribution in [0.1, 0.15) is 49.4 Å². The summed E-state index contributed by atoms with van der Waals surface area (Å²) < 4.78 is 20.3. The van der Waals surface area contributed by atoms with E-state index >= 15 is 0 Å². The van der Waals surface area contributed by atoms with Gasteiger partial charge in [0, 0.05) is 25.2 Å². The van der Waals surface area contributed by atoms with Crippen molar-refractivity contribution in [2.75, 3.05) is 31.6 Å². The standard InChI is InChI=1S/C25H35FN4O2.HI/c1-5-27-25(29-18(3)21-14-17(2)6-9-24(21)32-4)28-16-19-7-8-23(22(26)15-19)30-12-10-20(31)11-13-30;/h6-9,14-15,18,20,31H,5,10-13,16H2,1-4H3,(H2,27,28,29);1H. The third-order valence-corrected chi connectivity index (χ3v) is 5.79. The van der Waals surface area contributed by atoms with Gasteiger partial charge in [0.2, 0.25) is 0 Å². The van der Waals surface area contributed by atoms with E-state index in [0.29, 0.717) is 44.1 Å². The lowest BCUT2D eigenvalue weighted by molar-refractivity contribution is 0.145. The predicted molar refractivity (Wildman–Crippen MR) is 143 cm³/mol. The van der Waals surface area contributed by atoms with Crippen molar-refractivity contribution in [3.8, 4) is 5.75 Å². The molecule has 33 heavy (non-hydrogen) atoms. The number of nitrogens with zero attached hydrogens (tertiary/aromatic N) is 2. The molecule has 0 aliphatic carbocycles. The first-order valence-corrected chi connectivity index (χ1v) is 11.3. The molecule has 1 fully saturated rings. The molecule has 3 rings (SSSR count). The van der Waals surface area contributed by atoms with Gasteiger partial charge in [-0.2, -0.15) is 0 Å². The van der Waals surface area contributed by atoms with Gasteiger partial charge in [0.05, 0.1) is 31.5 Å². The van der Waals surface area contributed by atoms with Gasteiger partial charge in [0.1, 0.15) is 11.6 Å². The van der Waals surface area contributed by atoms with Gasteiger partial charge in [-0.3, -0.25) is 0 Å². The summed E-state index contributed by atoms with van der Waals surface area (Å²) in [5, 5.41) is 16.4. The maximum atomic E-state index is 14.8. The highest BCUT2D eigenvalue weighted by atomic mass is 127. The number of nitrogens with one attached hydrogen (secondary N) is 2. The van der Waals surface area contributed by atoms with E-state index in [1.807, 2.05) is 36.1 Å². The average Bonchev–Trinajstić information content (AvgIpc) is 2.78. The number of anilines is 1. The van der Waals surface area contributed by atoms with Crippen molar-refractivity contribution in [1.82, 2.24) is 10.6 Å². The Morgan fingerprint density at radius 1 is 1.24 bits per heavy atom. The number of rotatable bonds is 7. The number of aliphatic imine (C=N–C) groups is 1. The molecule has 0 aromatic heterocycles. The molecule has 0 saturated carbocycles. The molecule has 1 atom stereocenters. The monoisotopic (exact) mass is 570 g/mol. The fraction of sp³-hybridized carbons (Fsp3) is 0.480. The van der Waals surface area contributed by atoms with Gasteiger partial charge >= 0.3 is 0 Å². The molecule has 0 spiro atoms. The Morgan fingerprint density at radius 3 is 2.61 bits per heavy atom. The molecule has 1 aliphatic rings. The summed E-state index contributed by atoms with van der Waals surface area (Å²) in [6.45, 7) is 8.56. The highest BCUT2D eigenvalue weighted by molar-refractivity contribution is 14.0. The summed E-state index contributed by atoms with van der Waals surface area (Å²) >= 11 is 0. The number of hydrogen-bond acceptors (Lipinski definition) is 4. The summed E-state index contributed by atoms with van der Waals surface area (Å²) in [7, 11) is 1.67. The van der Waals surface area contributed by atoms with E-state index < -0.39 is 0 Å². The first-order valence-electron chi connectivity index (χ1n) is 11.3. The van der Waals surface area contributed by atoms with Gasteiger partial charge < -0.3 is 25.4 Å². The number of aliphatic hydroxyl groups is 1. The fourth-order valence-electron chi connectivity index (χ4n) is 3.98. The van der Waals surface area contributed by atoms with E-state index in [4.69, 9.17) is 4.74 Å². The van der Waals surface area contributed by atoms with Gasteiger partial charge in [-0.15, -0.1) is 24.0 Å². The van der Waals surface area contributed by atoms with E-state index in [1.54, 1.807) is 13.2 Å². The Balaban J connectivity index is 0.00000385. The highest BCUT2D eigenvalue weighted by Crippen LogP contribution is 2.26. The lowest BCUT2D eigenvalue weighted by Crippen LogP contribution is -2.38. The maximum absolute atomic E-state index is 14.8. The summed E-state index contributed by atoms with van der Waals surface area (Å²) in [4.78, 5) is 6.66. The molecule has 6 nitrogen and oxygen atoms in total. The third-order valence-electron chi connectivity index (χ3n) is 5.79. The zero-order chi connectivity index (χ0) is 23.1. The Kier molecular flexibility index (Phi) is 10.7. The molecule has 0 bridgehead atoms. The first-order chi connectivity index (χ1) is 15.4. The molecule has 1 saturated heterocycles. The molecule has 0 radical (unpaired) electrons. The molecule has 8 heteroatoms. The van der Waals surface area contributed by atoms with E-state index in [0.717, 1.165) is 29.0 Å². The van der Waals surface area contributed by atoms with Crippen LogP contribution in [0.4, 0.5) is 10.1 Å². The third kappa shape index (κ3) is 7.46. The number of benzene rings is 2. The number of aliphatic hydroxyl groups excluding tert-OH is 1. The minimum Gasteiger partial charge on any atom is -0.496 e. The van der Waals surface area contributed by atoms with Crippen molar-refractivity contribution in [2.24, 2.45) is 4.99 Å². The molecule has 2 aromatic carbocycles. The molecule has 0 amide bonds. The smallest absolute Gasteiger partial charge is 0.192 e. The number of piperidine rings is 1. The van der Waals surface area contributed by atoms with E-state index in [9.17, 15) is 9.50 Å². The van der Waals surface area contributed by atoms with Gasteiger partial charge in [-0.1, -0.05) is 23.8 Å². The molecule has 2 aromatic rings. The van der Waals surface area contributed by atoms with Crippen molar-refractivity contribution >= 4 is 35.6 Å². The molecular weight excluding hydrogens is 534 g/mol. The number of aryl methyl sites for hydroxylation is 1. The quantitative estimate of drug-likeness (QED) is 0.259. The highest BCUT2D eigenvalue weighted by Gasteiger charge is 2.20. The number of guanidine groups is 1. The van der Waals surface area contributed by atoms with Crippen molar-refractivity contribution in [2.45, 2.75) is 52.3 Å². The van der Waals surface area contributed by atoms with Crippen molar-refractivity contribution in [1.29, 1.82) is 0 Å². The number of methoxy groups -OCH3 is 1. The zero-order valence-electron chi connectivity index (χ0n) is 19.9. The van der Waals surface area contributed by atoms with E-state index in [2.05, 4.69) is 35.5 Å². The van der Waals surface area contributed by atoms with Crippen LogP contribution in [0, 0.1) is 12.7 Å². The summed E-state index contributed by atoms with van der Waals surface area (Å²) in [6.07, 6.45) is 1.07. The molecule has 182 valence electrons. The van der Waals surface area contributed by atoms with Crippen LogP contribution < -0.4 is 20.3 Å². The fourth-order valence-corrected chi connectivity index (χ4v) is 3.98. The Bertz CT molecular complexity index is 933. The maximum Gasteiger partial charge on any atom is 0.192 e. The minimum atomic E-state index is -0.276. The van der Waals surface area contributed by atoms with E-state index in [-0.39, 0.29) is 41.9 Å². The summed E-state index contributed by atoms with van der Waals surface area (Å²) in [5.41, 5.74) is 3.62. The normalized spacial score (nSPS) is 15.6. The van der Waals surface area contributed by atoms with Crippen molar-refractivity contribution in [3.63, 3.8) is 0 Å². The van der Waals surface area contributed by atoms with E-state index in [1.165, 1.54) is 0 Å². The second-order valence-corrected chi connectivity index (χ2v) is 8.31. The lowest BCUT2D eigenvalue weighted by atomic mass is 10.0. The molecule has 3 N–H and O–H groups in total. The van der Waals surface area contributed by atoms with Crippen LogP contribution in [-0.4, -0.2) is 43.9 Å². The lowest BCUT2D eigenvalue weighted by Gasteiger charge is -2.31. The number of hydrogen-bond donors (Lipinski definition) is 3. The van der Waals surface area contributed by atoms with Gasteiger partial charge in [-0.25, -0.2) is 9.38 Å². The second kappa shape index (κ2) is 13.0. The Hall–Kier alpha value is -2.07. The van der Waals surface area contributed by atoms with Crippen molar-refractivity contribution < 1.29 is 14.2 Å². The largest absolute Gasteiger partial charge is 0.496 e. The predicted octanol–water partition coefficient (Wildman–Crippen LogP) is 4.54. The Labute approximate surface area is 213 Å². The molecule has 1 unspecified atom stereocenters. The van der Waals surface area contributed by atoms with Crippen LogP contribution in [-0.2, 0) is 6.54 Å². The number of ether oxygens (including phenoxy) is 1. The minimum absolute atomic E-state index is 0. The van der Waals surface area contributed by atoms with Crippen LogP contribution in [0.5, 0.6) is 5.75 Å². The van der Waals surface area contributed by atoms with Crippen LogP contribution in [0.25, 0.3) is 0 Å². The van der Waals surface area contributed by atoms with Crippen LogP contribution in [0.3, 0.4) is 0 Å². The van der Waals surface area contributed by atoms with Gasteiger partial charge in [-0.05, 0) is 57.4 Å². The topological polar surface area (TPSA) is 69.1 Å². The number of halogens is 2. The summed E-state index contributed by atoms with van der Waals surface area (Å²) in [5.74, 6) is 1.25. The SMILES string of the molecule is CCNC(=NCc1ccc(N2CCC(O)CC2)c(F)c1)NC(C)c1cc(C)ccc1OC.I. The summed E-state index contributed by atoms with van der Waals surface area (Å²) in [6, 6.07) is 11.4. The molecule has 1 heterocycles. The molecular formula is C25H36FIN4O2. The second-order valence-electron chi connectivity index (χ2n) is 8.31. The van der Waals surface area contributed by atoms with Gasteiger partial charge in [0.25, 0.3) is 0 Å². The van der Waals surface area contributed by atoms with Crippen LogP contribution in [0.15, 0.2) is 41.4 Å². The Morgan fingerprint density at radius 2 is 1.97 bits per heavy atom. The van der Waals surface area contributed by atoms with Gasteiger partial charge in [0.15, 0.2) is 5.96 Å².